The van der Waals surface area contributed by atoms with Crippen molar-refractivity contribution < 1.29 is 4.79 Å². The summed E-state index contributed by atoms with van der Waals surface area (Å²) in [6.07, 6.45) is 0. The van der Waals surface area contributed by atoms with Crippen LogP contribution < -0.4 is 0 Å². The Morgan fingerprint density at radius 1 is 1.26 bits per heavy atom. The minimum Gasteiger partial charge on any atom is -0.268 e. The van der Waals surface area contributed by atoms with E-state index in [-0.39, 0.29) is 5.91 Å². The molecule has 3 nitrogen and oxygen atoms in total. The van der Waals surface area contributed by atoms with E-state index in [1.165, 1.54) is 0 Å². The minimum atomic E-state index is -0.0956. The lowest BCUT2D eigenvalue weighted by atomic mass is 10.2. The van der Waals surface area contributed by atoms with Gasteiger partial charge in [-0.3, -0.25) is 9.80 Å². The van der Waals surface area contributed by atoms with Gasteiger partial charge in [0.2, 0.25) is 0 Å². The first kappa shape index (κ1) is 14.1. The van der Waals surface area contributed by atoms with Gasteiger partial charge in [-0.05, 0) is 34.5 Å². The summed E-state index contributed by atoms with van der Waals surface area (Å²) in [4.78, 5) is 12.5. The molecule has 0 saturated heterocycles. The Hall–Kier alpha value is -1.36. The average Bonchev–Trinajstić information content (AvgIpc) is 2.88. The van der Waals surface area contributed by atoms with Crippen molar-refractivity contribution in [1.29, 1.82) is 0 Å². The van der Waals surface area contributed by atoms with Crippen molar-refractivity contribution in [3.63, 3.8) is 0 Å². The Morgan fingerprint density at radius 3 is 2.58 bits per heavy atom. The normalized spacial score (nSPS) is 10.7. The highest BCUT2D eigenvalue weighted by Gasteiger charge is 2.20. The predicted molar refractivity (Wildman–Crippen MR) is 79.3 cm³/mol. The topological polar surface area (TPSA) is 23.6 Å². The molecule has 0 fully saturated rings. The first-order chi connectivity index (χ1) is 9.09. The number of hydrogen-bond donors (Lipinski definition) is 0. The number of carbonyl (C=O) groups excluding carboxylic acids is 1. The SMILES string of the molecule is CN(C)N(Cc1ccsc1)C(=O)c1ccccc1Cl. The molecule has 0 atom stereocenters. The highest BCUT2D eigenvalue weighted by molar-refractivity contribution is 7.07. The number of halogens is 1. The number of hydrazine groups is 1. The zero-order valence-corrected chi connectivity index (χ0v) is 12.4. The fourth-order valence-corrected chi connectivity index (χ4v) is 2.60. The molecule has 1 aromatic heterocycles. The molecule has 0 aliphatic heterocycles. The van der Waals surface area contributed by atoms with E-state index in [9.17, 15) is 4.79 Å². The summed E-state index contributed by atoms with van der Waals surface area (Å²) in [5, 5.41) is 7.97. The maximum atomic E-state index is 12.5. The van der Waals surface area contributed by atoms with Crippen LogP contribution in [0, 0.1) is 0 Å². The molecule has 5 heteroatoms. The number of thiophene rings is 1. The molecule has 0 radical (unpaired) electrons. The zero-order chi connectivity index (χ0) is 13.8. The standard InChI is InChI=1S/C14H15ClN2OS/c1-16(2)17(9-11-7-8-19-10-11)14(18)12-5-3-4-6-13(12)15/h3-8,10H,9H2,1-2H3. The van der Waals surface area contributed by atoms with Crippen molar-refractivity contribution in [2.75, 3.05) is 14.1 Å². The number of nitrogens with zero attached hydrogens (tertiary/aromatic N) is 2. The van der Waals surface area contributed by atoms with Crippen LogP contribution in [0.25, 0.3) is 0 Å². The number of hydrogen-bond acceptors (Lipinski definition) is 3. The molecule has 0 unspecified atom stereocenters. The van der Waals surface area contributed by atoms with Crippen molar-refractivity contribution >= 4 is 28.8 Å². The smallest absolute Gasteiger partial charge is 0.268 e. The Kier molecular flexibility index (Phi) is 4.58. The van der Waals surface area contributed by atoms with E-state index in [4.69, 9.17) is 11.6 Å². The average molecular weight is 295 g/mol. The van der Waals surface area contributed by atoms with Crippen LogP contribution in [0.15, 0.2) is 41.1 Å². The molecule has 2 aromatic rings. The second kappa shape index (κ2) is 6.19. The summed E-state index contributed by atoms with van der Waals surface area (Å²) in [5.74, 6) is -0.0956. The largest absolute Gasteiger partial charge is 0.269 e. The molecular formula is C14H15ClN2OS. The van der Waals surface area contributed by atoms with Gasteiger partial charge in [-0.1, -0.05) is 23.7 Å². The summed E-state index contributed by atoms with van der Waals surface area (Å²) in [5.41, 5.74) is 1.63. The second-order valence-electron chi connectivity index (χ2n) is 4.32. The first-order valence-corrected chi connectivity index (χ1v) is 7.16. The van der Waals surface area contributed by atoms with Gasteiger partial charge >= 0.3 is 0 Å². The number of carbonyl (C=O) groups is 1. The third-order valence-corrected chi connectivity index (χ3v) is 3.80. The molecule has 1 amide bonds. The van der Waals surface area contributed by atoms with E-state index >= 15 is 0 Å². The van der Waals surface area contributed by atoms with Crippen molar-refractivity contribution in [2.24, 2.45) is 0 Å². The van der Waals surface area contributed by atoms with Gasteiger partial charge in [0.25, 0.3) is 5.91 Å². The Balaban J connectivity index is 2.24. The van der Waals surface area contributed by atoms with Crippen LogP contribution in [0.5, 0.6) is 0 Å². The summed E-state index contributed by atoms with van der Waals surface area (Å²) in [6, 6.07) is 9.12. The molecule has 0 spiro atoms. The summed E-state index contributed by atoms with van der Waals surface area (Å²) >= 11 is 7.71. The maximum Gasteiger partial charge on any atom is 0.269 e. The van der Waals surface area contributed by atoms with Crippen LogP contribution in [0.4, 0.5) is 0 Å². The van der Waals surface area contributed by atoms with Crippen molar-refractivity contribution in [2.45, 2.75) is 6.54 Å². The number of amides is 1. The predicted octanol–water partition coefficient (Wildman–Crippen LogP) is 3.52. The monoisotopic (exact) mass is 294 g/mol. The van der Waals surface area contributed by atoms with Crippen LogP contribution in [0.1, 0.15) is 15.9 Å². The lowest BCUT2D eigenvalue weighted by Gasteiger charge is -2.29. The van der Waals surface area contributed by atoms with E-state index in [0.29, 0.717) is 17.1 Å². The quantitative estimate of drug-likeness (QED) is 0.806. The highest BCUT2D eigenvalue weighted by Crippen LogP contribution is 2.19. The van der Waals surface area contributed by atoms with E-state index in [1.54, 1.807) is 33.5 Å². The zero-order valence-electron chi connectivity index (χ0n) is 10.8. The highest BCUT2D eigenvalue weighted by atomic mass is 35.5. The van der Waals surface area contributed by atoms with Gasteiger partial charge in [-0.2, -0.15) is 11.3 Å². The molecule has 0 bridgehead atoms. The first-order valence-electron chi connectivity index (χ1n) is 5.84. The van der Waals surface area contributed by atoms with Gasteiger partial charge in [0, 0.05) is 14.1 Å². The van der Waals surface area contributed by atoms with E-state index in [1.807, 2.05) is 43.1 Å². The molecule has 1 aromatic carbocycles. The van der Waals surface area contributed by atoms with E-state index < -0.39 is 0 Å². The van der Waals surface area contributed by atoms with Crippen LogP contribution in [-0.4, -0.2) is 30.0 Å². The molecule has 100 valence electrons. The molecular weight excluding hydrogens is 280 g/mol. The lowest BCUT2D eigenvalue weighted by molar-refractivity contribution is 0.0155. The van der Waals surface area contributed by atoms with Crippen LogP contribution in [-0.2, 0) is 6.54 Å². The summed E-state index contributed by atoms with van der Waals surface area (Å²) in [6.45, 7) is 0.542. The number of benzene rings is 1. The van der Waals surface area contributed by atoms with Gasteiger partial charge in [0.05, 0.1) is 17.1 Å². The third kappa shape index (κ3) is 3.35. The molecule has 0 saturated carbocycles. The number of rotatable bonds is 4. The molecule has 0 N–H and O–H groups in total. The molecule has 0 aliphatic rings. The maximum absolute atomic E-state index is 12.5. The Labute approximate surface area is 122 Å². The molecule has 2 rings (SSSR count). The van der Waals surface area contributed by atoms with Gasteiger partial charge in [-0.15, -0.1) is 0 Å². The lowest BCUT2D eigenvalue weighted by Crippen LogP contribution is -2.41. The van der Waals surface area contributed by atoms with Gasteiger partial charge in [0.15, 0.2) is 0 Å². The van der Waals surface area contributed by atoms with Gasteiger partial charge < -0.3 is 0 Å². The molecule has 19 heavy (non-hydrogen) atoms. The van der Waals surface area contributed by atoms with Crippen LogP contribution in [0.3, 0.4) is 0 Å². The van der Waals surface area contributed by atoms with Gasteiger partial charge in [0.1, 0.15) is 0 Å². The fraction of sp³-hybridized carbons (Fsp3) is 0.214. The molecule has 0 aliphatic carbocycles. The van der Waals surface area contributed by atoms with Crippen molar-refractivity contribution in [1.82, 2.24) is 10.0 Å². The Morgan fingerprint density at radius 2 is 2.00 bits per heavy atom. The van der Waals surface area contributed by atoms with Crippen molar-refractivity contribution in [3.8, 4) is 0 Å². The van der Waals surface area contributed by atoms with Crippen LogP contribution >= 0.6 is 22.9 Å². The molecule has 1 heterocycles. The second-order valence-corrected chi connectivity index (χ2v) is 5.51. The fourth-order valence-electron chi connectivity index (χ4n) is 1.72. The van der Waals surface area contributed by atoms with Crippen molar-refractivity contribution in [3.05, 3.63) is 57.2 Å². The summed E-state index contributed by atoms with van der Waals surface area (Å²) in [7, 11) is 3.70. The third-order valence-electron chi connectivity index (χ3n) is 2.73. The van der Waals surface area contributed by atoms with Gasteiger partial charge in [-0.25, -0.2) is 5.01 Å². The van der Waals surface area contributed by atoms with E-state index in [0.717, 1.165) is 5.56 Å². The summed E-state index contributed by atoms with van der Waals surface area (Å²) < 4.78 is 0. The van der Waals surface area contributed by atoms with Crippen LogP contribution in [0.2, 0.25) is 5.02 Å². The minimum absolute atomic E-state index is 0.0956. The Bertz CT molecular complexity index is 554. The van der Waals surface area contributed by atoms with E-state index in [2.05, 4.69) is 0 Å².